The van der Waals surface area contributed by atoms with E-state index < -0.39 is 17.2 Å². The van der Waals surface area contributed by atoms with E-state index in [1.54, 1.807) is 0 Å². The second-order valence-electron chi connectivity index (χ2n) is 3.96. The summed E-state index contributed by atoms with van der Waals surface area (Å²) in [5.41, 5.74) is -1.14. The van der Waals surface area contributed by atoms with E-state index in [-0.39, 0.29) is 5.56 Å². The van der Waals surface area contributed by atoms with Gasteiger partial charge in [-0.15, -0.1) is 0 Å². The maximum atomic E-state index is 12.8. The van der Waals surface area contributed by atoms with Crippen molar-refractivity contribution in [2.45, 2.75) is 31.3 Å². The van der Waals surface area contributed by atoms with E-state index in [9.17, 15) is 14.3 Å². The topological polar surface area (TPSA) is 50.2 Å². The lowest BCUT2D eigenvalue weighted by Gasteiger charge is -2.19. The molecule has 1 N–H and O–H groups in total. The van der Waals surface area contributed by atoms with Crippen molar-refractivity contribution in [2.24, 2.45) is 0 Å². The first-order valence-corrected chi connectivity index (χ1v) is 4.99. The van der Waals surface area contributed by atoms with Crippen LogP contribution in [0, 0.1) is 5.82 Å². The number of nitrogens with zero attached hydrogens (tertiary/aromatic N) is 1. The molecule has 0 unspecified atom stereocenters. The first kappa shape index (κ1) is 10.2. The van der Waals surface area contributed by atoms with Crippen LogP contribution in [0.4, 0.5) is 4.39 Å². The van der Waals surface area contributed by atoms with Crippen LogP contribution in [0.15, 0.2) is 18.5 Å². The Bertz CT molecular complexity index is 386. The van der Waals surface area contributed by atoms with Crippen LogP contribution >= 0.6 is 0 Å². The second-order valence-corrected chi connectivity index (χ2v) is 3.96. The van der Waals surface area contributed by atoms with Gasteiger partial charge < -0.3 is 5.11 Å². The summed E-state index contributed by atoms with van der Waals surface area (Å²) in [4.78, 5) is 15.5. The maximum absolute atomic E-state index is 12.8. The zero-order valence-corrected chi connectivity index (χ0v) is 8.24. The average Bonchev–Trinajstić information content (AvgIpc) is 2.65. The van der Waals surface area contributed by atoms with Gasteiger partial charge in [-0.05, 0) is 31.7 Å². The van der Waals surface area contributed by atoms with Crippen LogP contribution < -0.4 is 0 Å². The summed E-state index contributed by atoms with van der Waals surface area (Å²) < 4.78 is 12.8. The van der Waals surface area contributed by atoms with Crippen molar-refractivity contribution in [2.75, 3.05) is 0 Å². The predicted octanol–water partition coefficient (Wildman–Crippen LogP) is 1.71. The molecule has 1 heterocycles. The van der Waals surface area contributed by atoms with Crippen LogP contribution in [0.25, 0.3) is 0 Å². The number of halogens is 1. The van der Waals surface area contributed by atoms with Gasteiger partial charge in [0.05, 0.1) is 6.20 Å². The van der Waals surface area contributed by atoms with Gasteiger partial charge in [-0.25, -0.2) is 4.39 Å². The van der Waals surface area contributed by atoms with Crippen LogP contribution in [0.5, 0.6) is 0 Å². The number of hydrogen-bond acceptors (Lipinski definition) is 3. The molecule has 1 fully saturated rings. The first-order chi connectivity index (χ1) is 7.12. The number of carbonyl (C=O) groups excluding carboxylic acids is 1. The third-order valence-corrected chi connectivity index (χ3v) is 2.82. The lowest BCUT2D eigenvalue weighted by molar-refractivity contribution is 0.0352. The lowest BCUT2D eigenvalue weighted by Crippen LogP contribution is -2.35. The maximum Gasteiger partial charge on any atom is 0.195 e. The van der Waals surface area contributed by atoms with Gasteiger partial charge in [0.25, 0.3) is 0 Å². The second kappa shape index (κ2) is 3.70. The molecular formula is C11H12FNO2. The molecule has 3 nitrogen and oxygen atoms in total. The van der Waals surface area contributed by atoms with Gasteiger partial charge >= 0.3 is 0 Å². The number of aromatic nitrogens is 1. The molecule has 0 aromatic carbocycles. The molecule has 0 bridgehead atoms. The molecule has 1 aromatic rings. The standard InChI is InChI=1S/C11H12FNO2/c12-9-5-8(6-13-7-9)10(14)11(15)3-1-2-4-11/h5-7,15H,1-4H2. The quantitative estimate of drug-likeness (QED) is 0.754. The van der Waals surface area contributed by atoms with Gasteiger partial charge in [-0.1, -0.05) is 0 Å². The molecule has 0 radical (unpaired) electrons. The van der Waals surface area contributed by atoms with Crippen LogP contribution in [0.1, 0.15) is 36.0 Å². The lowest BCUT2D eigenvalue weighted by atomic mass is 9.92. The summed E-state index contributed by atoms with van der Waals surface area (Å²) in [6.45, 7) is 0. The van der Waals surface area contributed by atoms with E-state index in [1.807, 2.05) is 0 Å². The predicted molar refractivity (Wildman–Crippen MR) is 51.9 cm³/mol. The van der Waals surface area contributed by atoms with Gasteiger partial charge in [0, 0.05) is 11.8 Å². The molecule has 2 rings (SSSR count). The number of aliphatic hydroxyl groups is 1. The molecule has 1 aromatic heterocycles. The summed E-state index contributed by atoms with van der Waals surface area (Å²) in [6, 6.07) is 1.12. The van der Waals surface area contributed by atoms with Crippen molar-refractivity contribution in [3.05, 3.63) is 29.8 Å². The third-order valence-electron chi connectivity index (χ3n) is 2.82. The first-order valence-electron chi connectivity index (χ1n) is 4.99. The third kappa shape index (κ3) is 1.90. The highest BCUT2D eigenvalue weighted by molar-refractivity contribution is 6.02. The Morgan fingerprint density at radius 2 is 2.07 bits per heavy atom. The van der Waals surface area contributed by atoms with E-state index in [4.69, 9.17) is 0 Å². The zero-order valence-electron chi connectivity index (χ0n) is 8.24. The highest BCUT2D eigenvalue weighted by Crippen LogP contribution is 2.32. The minimum absolute atomic E-state index is 0.152. The molecule has 1 saturated carbocycles. The van der Waals surface area contributed by atoms with Gasteiger partial charge in [0.15, 0.2) is 5.78 Å². The number of Topliss-reactive ketones (excluding diaryl/α,β-unsaturated/α-hetero) is 1. The molecule has 0 atom stereocenters. The molecule has 1 aliphatic carbocycles. The van der Waals surface area contributed by atoms with Gasteiger partial charge in [0.1, 0.15) is 11.4 Å². The van der Waals surface area contributed by atoms with E-state index in [0.29, 0.717) is 12.8 Å². The Kier molecular flexibility index (Phi) is 2.52. The monoisotopic (exact) mass is 209 g/mol. The van der Waals surface area contributed by atoms with Crippen LogP contribution in [0.3, 0.4) is 0 Å². The summed E-state index contributed by atoms with van der Waals surface area (Å²) in [5.74, 6) is -0.963. The molecule has 0 saturated heterocycles. The van der Waals surface area contributed by atoms with E-state index in [0.717, 1.165) is 25.1 Å². The molecule has 80 valence electrons. The fraction of sp³-hybridized carbons (Fsp3) is 0.455. The van der Waals surface area contributed by atoms with Crippen molar-refractivity contribution in [1.82, 2.24) is 4.98 Å². The Balaban J connectivity index is 2.27. The Hall–Kier alpha value is -1.29. The number of carbonyl (C=O) groups is 1. The fourth-order valence-corrected chi connectivity index (χ4v) is 1.99. The normalized spacial score (nSPS) is 19.1. The molecule has 0 amide bonds. The van der Waals surface area contributed by atoms with Crippen molar-refractivity contribution in [1.29, 1.82) is 0 Å². The summed E-state index contributed by atoms with van der Waals surface area (Å²) in [7, 11) is 0. The van der Waals surface area contributed by atoms with Crippen molar-refractivity contribution >= 4 is 5.78 Å². The van der Waals surface area contributed by atoms with Gasteiger partial charge in [0.2, 0.25) is 0 Å². The number of rotatable bonds is 2. The van der Waals surface area contributed by atoms with Gasteiger partial charge in [-0.2, -0.15) is 0 Å². The smallest absolute Gasteiger partial charge is 0.195 e. The fourth-order valence-electron chi connectivity index (χ4n) is 1.99. The van der Waals surface area contributed by atoms with E-state index >= 15 is 0 Å². The molecule has 0 aliphatic heterocycles. The Labute approximate surface area is 87.0 Å². The number of hydrogen-bond donors (Lipinski definition) is 1. The molecular weight excluding hydrogens is 197 g/mol. The summed E-state index contributed by atoms with van der Waals surface area (Å²) in [6.07, 6.45) is 4.93. The van der Waals surface area contributed by atoms with E-state index in [1.165, 1.54) is 6.20 Å². The largest absolute Gasteiger partial charge is 0.382 e. The minimum atomic E-state index is -1.30. The zero-order chi connectivity index (χ0) is 10.9. The van der Waals surface area contributed by atoms with Crippen LogP contribution in [-0.2, 0) is 0 Å². The minimum Gasteiger partial charge on any atom is -0.382 e. The molecule has 15 heavy (non-hydrogen) atoms. The molecule has 1 aliphatic rings. The highest BCUT2D eigenvalue weighted by atomic mass is 19.1. The average molecular weight is 209 g/mol. The highest BCUT2D eigenvalue weighted by Gasteiger charge is 2.39. The SMILES string of the molecule is O=C(c1cncc(F)c1)C1(O)CCCC1. The Morgan fingerprint density at radius 3 is 2.67 bits per heavy atom. The van der Waals surface area contributed by atoms with Gasteiger partial charge in [-0.3, -0.25) is 9.78 Å². The summed E-state index contributed by atoms with van der Waals surface area (Å²) in [5, 5.41) is 10.0. The molecule has 0 spiro atoms. The Morgan fingerprint density at radius 1 is 1.40 bits per heavy atom. The molecule has 4 heteroatoms. The van der Waals surface area contributed by atoms with Crippen LogP contribution in [-0.4, -0.2) is 21.5 Å². The van der Waals surface area contributed by atoms with Crippen molar-refractivity contribution in [3.8, 4) is 0 Å². The van der Waals surface area contributed by atoms with E-state index in [2.05, 4.69) is 4.98 Å². The van der Waals surface area contributed by atoms with Crippen LogP contribution in [0.2, 0.25) is 0 Å². The number of pyridine rings is 1. The van der Waals surface area contributed by atoms with Crippen molar-refractivity contribution in [3.63, 3.8) is 0 Å². The van der Waals surface area contributed by atoms with Crippen molar-refractivity contribution < 1.29 is 14.3 Å². The summed E-state index contributed by atoms with van der Waals surface area (Å²) >= 11 is 0. The number of ketones is 1.